The molecule has 0 aromatic carbocycles. The summed E-state index contributed by atoms with van der Waals surface area (Å²) < 4.78 is 25.6. The highest BCUT2D eigenvalue weighted by molar-refractivity contribution is 4.86. The predicted molar refractivity (Wildman–Crippen MR) is 47.4 cm³/mol. The Morgan fingerprint density at radius 2 is 1.85 bits per heavy atom. The highest BCUT2D eigenvalue weighted by atomic mass is 19.3. The first-order valence-corrected chi connectivity index (χ1v) is 4.32. The van der Waals surface area contributed by atoms with Gasteiger partial charge in [0.25, 0.3) is 5.92 Å². The van der Waals surface area contributed by atoms with Crippen LogP contribution in [-0.2, 0) is 0 Å². The van der Waals surface area contributed by atoms with Crippen LogP contribution in [0.3, 0.4) is 0 Å². The van der Waals surface area contributed by atoms with Gasteiger partial charge in [-0.3, -0.25) is 0 Å². The van der Waals surface area contributed by atoms with Crippen LogP contribution in [0.15, 0.2) is 0 Å². The predicted octanol–water partition coefficient (Wildman–Crippen LogP) is 0.315. The maximum atomic E-state index is 12.8. The van der Waals surface area contributed by atoms with Gasteiger partial charge in [0, 0.05) is 6.04 Å². The van der Waals surface area contributed by atoms with Gasteiger partial charge in [0.15, 0.2) is 0 Å². The van der Waals surface area contributed by atoms with Crippen LogP contribution in [0.2, 0.25) is 0 Å². The van der Waals surface area contributed by atoms with Crippen LogP contribution in [0.5, 0.6) is 0 Å². The normalized spacial score (nSPS) is 17.5. The molecule has 0 saturated heterocycles. The van der Waals surface area contributed by atoms with Crippen molar-refractivity contribution in [3.05, 3.63) is 0 Å². The number of hydrogen-bond donors (Lipinski definition) is 3. The summed E-state index contributed by atoms with van der Waals surface area (Å²) in [5.41, 5.74) is 10.2. The van der Waals surface area contributed by atoms with Crippen molar-refractivity contribution in [2.24, 2.45) is 17.4 Å². The molecular formula is C8H18F2N2O. The smallest absolute Gasteiger partial charge is 0.286 e. The molecule has 2 unspecified atom stereocenters. The van der Waals surface area contributed by atoms with Crippen molar-refractivity contribution in [3.63, 3.8) is 0 Å². The van der Waals surface area contributed by atoms with Crippen LogP contribution in [-0.4, -0.2) is 29.7 Å². The molecule has 0 radical (unpaired) electrons. The summed E-state index contributed by atoms with van der Waals surface area (Å²) in [4.78, 5) is 0. The van der Waals surface area contributed by atoms with E-state index < -0.39 is 24.6 Å². The number of hydrogen-bond acceptors (Lipinski definition) is 3. The Kier molecular flexibility index (Phi) is 4.74. The molecule has 0 spiro atoms. The fourth-order valence-corrected chi connectivity index (χ4v) is 1.11. The summed E-state index contributed by atoms with van der Waals surface area (Å²) in [6, 6.07) is -0.918. The average molecular weight is 196 g/mol. The van der Waals surface area contributed by atoms with E-state index in [-0.39, 0.29) is 5.92 Å². The SMILES string of the molecule is CC(C)CC(N)C(O)C(F)(F)CN. The molecule has 0 aliphatic rings. The first-order chi connectivity index (χ1) is 5.81. The second-order valence-electron chi connectivity index (χ2n) is 3.70. The first kappa shape index (κ1) is 12.7. The highest BCUT2D eigenvalue weighted by Gasteiger charge is 2.40. The number of rotatable bonds is 5. The summed E-state index contributed by atoms with van der Waals surface area (Å²) >= 11 is 0. The van der Waals surface area contributed by atoms with Gasteiger partial charge in [-0.15, -0.1) is 0 Å². The third-order valence-electron chi connectivity index (χ3n) is 1.85. The maximum Gasteiger partial charge on any atom is 0.286 e. The Morgan fingerprint density at radius 3 is 2.15 bits per heavy atom. The molecule has 0 amide bonds. The van der Waals surface area contributed by atoms with Crippen LogP contribution < -0.4 is 11.5 Å². The van der Waals surface area contributed by atoms with E-state index in [4.69, 9.17) is 16.6 Å². The van der Waals surface area contributed by atoms with Crippen LogP contribution in [0.1, 0.15) is 20.3 Å². The monoisotopic (exact) mass is 196 g/mol. The van der Waals surface area contributed by atoms with Crippen LogP contribution in [0.4, 0.5) is 8.78 Å². The van der Waals surface area contributed by atoms with Crippen molar-refractivity contribution < 1.29 is 13.9 Å². The second kappa shape index (κ2) is 4.83. The first-order valence-electron chi connectivity index (χ1n) is 4.32. The zero-order valence-electron chi connectivity index (χ0n) is 8.00. The minimum Gasteiger partial charge on any atom is -0.385 e. The van der Waals surface area contributed by atoms with E-state index in [2.05, 4.69) is 0 Å². The average Bonchev–Trinajstić information content (AvgIpc) is 2.01. The summed E-state index contributed by atoms with van der Waals surface area (Å²) in [6.45, 7) is 2.83. The largest absolute Gasteiger partial charge is 0.385 e. The van der Waals surface area contributed by atoms with E-state index in [1.54, 1.807) is 0 Å². The van der Waals surface area contributed by atoms with Gasteiger partial charge < -0.3 is 16.6 Å². The molecule has 0 aromatic rings. The number of nitrogens with two attached hydrogens (primary N) is 2. The van der Waals surface area contributed by atoms with E-state index in [9.17, 15) is 8.78 Å². The molecule has 5 heteroatoms. The molecule has 13 heavy (non-hydrogen) atoms. The lowest BCUT2D eigenvalue weighted by atomic mass is 9.96. The van der Waals surface area contributed by atoms with Gasteiger partial charge in [-0.1, -0.05) is 13.8 Å². The van der Waals surface area contributed by atoms with Crippen LogP contribution in [0.25, 0.3) is 0 Å². The van der Waals surface area contributed by atoms with Gasteiger partial charge in [0.2, 0.25) is 0 Å². The van der Waals surface area contributed by atoms with Gasteiger partial charge in [-0.2, -0.15) is 0 Å². The molecule has 80 valence electrons. The van der Waals surface area contributed by atoms with Crippen molar-refractivity contribution in [1.82, 2.24) is 0 Å². The Balaban J connectivity index is 4.16. The number of aliphatic hydroxyl groups excluding tert-OH is 1. The molecule has 0 heterocycles. The zero-order valence-corrected chi connectivity index (χ0v) is 8.00. The fourth-order valence-electron chi connectivity index (χ4n) is 1.11. The lowest BCUT2D eigenvalue weighted by molar-refractivity contribution is -0.111. The molecule has 0 saturated carbocycles. The molecule has 0 aliphatic carbocycles. The summed E-state index contributed by atoms with van der Waals surface area (Å²) in [7, 11) is 0. The Labute approximate surface area is 77.1 Å². The lowest BCUT2D eigenvalue weighted by Gasteiger charge is -2.27. The van der Waals surface area contributed by atoms with Crippen molar-refractivity contribution in [3.8, 4) is 0 Å². The molecule has 3 nitrogen and oxygen atoms in total. The third kappa shape index (κ3) is 3.97. The van der Waals surface area contributed by atoms with E-state index >= 15 is 0 Å². The Hall–Kier alpha value is -0.260. The number of aliphatic hydroxyl groups is 1. The Bertz CT molecular complexity index is 153. The number of halogens is 2. The second-order valence-corrected chi connectivity index (χ2v) is 3.70. The molecule has 0 rings (SSSR count). The molecular weight excluding hydrogens is 178 g/mol. The molecule has 2 atom stereocenters. The van der Waals surface area contributed by atoms with Crippen LogP contribution >= 0.6 is 0 Å². The maximum absolute atomic E-state index is 12.8. The fraction of sp³-hybridized carbons (Fsp3) is 1.00. The summed E-state index contributed by atoms with van der Waals surface area (Å²) in [5.74, 6) is -3.10. The van der Waals surface area contributed by atoms with Gasteiger partial charge >= 0.3 is 0 Å². The van der Waals surface area contributed by atoms with Crippen molar-refractivity contribution in [1.29, 1.82) is 0 Å². The van der Waals surface area contributed by atoms with Gasteiger partial charge in [0.05, 0.1) is 6.54 Å². The van der Waals surface area contributed by atoms with Crippen molar-refractivity contribution >= 4 is 0 Å². The quantitative estimate of drug-likeness (QED) is 0.592. The summed E-state index contributed by atoms with van der Waals surface area (Å²) in [5, 5.41) is 9.14. The van der Waals surface area contributed by atoms with Gasteiger partial charge in [0.1, 0.15) is 6.10 Å². The van der Waals surface area contributed by atoms with Gasteiger partial charge in [-0.05, 0) is 12.3 Å². The molecule has 0 aromatic heterocycles. The number of alkyl halides is 2. The standard InChI is InChI=1S/C8H18F2N2O/c1-5(2)3-6(12)7(13)8(9,10)4-11/h5-7,13H,3-4,11-12H2,1-2H3. The molecule has 0 aliphatic heterocycles. The van der Waals surface area contributed by atoms with Crippen molar-refractivity contribution in [2.45, 2.75) is 38.3 Å². The minimum absolute atomic E-state index is 0.179. The molecule has 0 fully saturated rings. The minimum atomic E-state index is -3.28. The highest BCUT2D eigenvalue weighted by Crippen LogP contribution is 2.21. The lowest BCUT2D eigenvalue weighted by Crippen LogP contribution is -2.51. The summed E-state index contributed by atoms with van der Waals surface area (Å²) in [6.07, 6.45) is -1.49. The molecule has 0 bridgehead atoms. The topological polar surface area (TPSA) is 72.3 Å². The zero-order chi connectivity index (χ0) is 10.6. The molecule has 5 N–H and O–H groups in total. The Morgan fingerprint density at radius 1 is 1.38 bits per heavy atom. The van der Waals surface area contributed by atoms with E-state index in [0.29, 0.717) is 6.42 Å². The van der Waals surface area contributed by atoms with E-state index in [1.165, 1.54) is 0 Å². The van der Waals surface area contributed by atoms with Gasteiger partial charge in [-0.25, -0.2) is 8.78 Å². The van der Waals surface area contributed by atoms with Crippen LogP contribution in [0, 0.1) is 5.92 Å². The third-order valence-corrected chi connectivity index (χ3v) is 1.85. The van der Waals surface area contributed by atoms with Crippen molar-refractivity contribution in [2.75, 3.05) is 6.54 Å². The van der Waals surface area contributed by atoms with E-state index in [1.807, 2.05) is 13.8 Å². The van der Waals surface area contributed by atoms with E-state index in [0.717, 1.165) is 0 Å².